The van der Waals surface area contributed by atoms with Crippen LogP contribution in [0, 0.1) is 13.8 Å². The predicted octanol–water partition coefficient (Wildman–Crippen LogP) is -1.19. The molecular formula is C29H36B2N8O3. The molecule has 0 radical (unpaired) electrons. The molecule has 1 aliphatic heterocycles. The van der Waals surface area contributed by atoms with Gasteiger partial charge in [0.25, 0.3) is 5.56 Å². The number of amides is 2. The molecule has 4 heterocycles. The number of benzene rings is 1. The fourth-order valence-electron chi connectivity index (χ4n) is 5.80. The van der Waals surface area contributed by atoms with Gasteiger partial charge in [-0.25, -0.2) is 9.97 Å². The van der Waals surface area contributed by atoms with E-state index in [2.05, 4.69) is 39.1 Å². The lowest BCUT2D eigenvalue weighted by atomic mass is 9.72. The Kier molecular flexibility index (Phi) is 7.72. The number of aromatic nitrogens is 4. The van der Waals surface area contributed by atoms with Crippen molar-refractivity contribution in [3.05, 3.63) is 57.9 Å². The molecule has 13 heteroatoms. The van der Waals surface area contributed by atoms with Gasteiger partial charge in [0.05, 0.1) is 11.7 Å². The zero-order chi connectivity index (χ0) is 30.5. The SMILES string of the molecule is Bc1c(-c2cn(CC(=O)Nc3cc(N4CCN(C)CC4C)ncc3C)c3ncn(C)c(=O)c23)cc(C(N)=O)c(C)c1B. The van der Waals surface area contributed by atoms with Gasteiger partial charge in [-0.1, -0.05) is 10.9 Å². The van der Waals surface area contributed by atoms with Crippen molar-refractivity contribution < 1.29 is 9.59 Å². The van der Waals surface area contributed by atoms with Gasteiger partial charge >= 0.3 is 0 Å². The Morgan fingerprint density at radius 1 is 1.10 bits per heavy atom. The molecule has 1 fully saturated rings. The van der Waals surface area contributed by atoms with Crippen LogP contribution in [-0.2, 0) is 18.4 Å². The van der Waals surface area contributed by atoms with E-state index in [0.717, 1.165) is 47.5 Å². The van der Waals surface area contributed by atoms with Crippen LogP contribution < -0.4 is 32.4 Å². The maximum absolute atomic E-state index is 13.4. The largest absolute Gasteiger partial charge is 0.366 e. The molecule has 11 nitrogen and oxygen atoms in total. The molecule has 0 spiro atoms. The zero-order valence-electron chi connectivity index (χ0n) is 25.3. The molecule has 0 saturated carbocycles. The molecule has 1 aromatic carbocycles. The van der Waals surface area contributed by atoms with Gasteiger partial charge in [0.1, 0.15) is 33.7 Å². The lowest BCUT2D eigenvalue weighted by Gasteiger charge is -2.39. The molecule has 4 aromatic rings. The zero-order valence-corrected chi connectivity index (χ0v) is 25.3. The smallest absolute Gasteiger partial charge is 0.263 e. The number of aryl methyl sites for hydroxylation is 2. The Labute approximate surface area is 246 Å². The normalized spacial score (nSPS) is 15.7. The third-order valence-corrected chi connectivity index (χ3v) is 8.52. The Bertz CT molecular complexity index is 1800. The molecule has 216 valence electrons. The van der Waals surface area contributed by atoms with Crippen molar-refractivity contribution in [3.8, 4) is 11.1 Å². The number of nitrogens with two attached hydrogens (primary N) is 1. The highest BCUT2D eigenvalue weighted by Gasteiger charge is 2.24. The first-order chi connectivity index (χ1) is 19.9. The Hall–Kier alpha value is -4.38. The van der Waals surface area contributed by atoms with Gasteiger partial charge in [-0.05, 0) is 50.6 Å². The van der Waals surface area contributed by atoms with Gasteiger partial charge in [0, 0.05) is 68.0 Å². The minimum absolute atomic E-state index is 0.0642. The molecule has 1 saturated heterocycles. The number of pyridine rings is 1. The number of anilines is 2. The van der Waals surface area contributed by atoms with Crippen LogP contribution in [0.2, 0.25) is 0 Å². The highest BCUT2D eigenvalue weighted by atomic mass is 16.2. The minimum Gasteiger partial charge on any atom is -0.366 e. The van der Waals surface area contributed by atoms with E-state index in [-0.39, 0.29) is 18.0 Å². The van der Waals surface area contributed by atoms with Gasteiger partial charge in [-0.15, -0.1) is 0 Å². The van der Waals surface area contributed by atoms with Gasteiger partial charge in [0.15, 0.2) is 0 Å². The molecule has 3 aromatic heterocycles. The first-order valence-corrected chi connectivity index (χ1v) is 14.0. The summed E-state index contributed by atoms with van der Waals surface area (Å²) in [6.45, 7) is 8.61. The molecule has 1 unspecified atom stereocenters. The van der Waals surface area contributed by atoms with Crippen LogP contribution in [0.5, 0.6) is 0 Å². The first-order valence-electron chi connectivity index (χ1n) is 14.0. The van der Waals surface area contributed by atoms with Crippen molar-refractivity contribution in [1.29, 1.82) is 0 Å². The molecule has 1 aliphatic rings. The number of rotatable bonds is 6. The van der Waals surface area contributed by atoms with Crippen molar-refractivity contribution >= 4 is 61.0 Å². The van der Waals surface area contributed by atoms with E-state index in [9.17, 15) is 14.4 Å². The number of hydrogen-bond donors (Lipinski definition) is 2. The highest BCUT2D eigenvalue weighted by molar-refractivity contribution is 6.52. The molecule has 3 N–H and O–H groups in total. The minimum atomic E-state index is -0.538. The summed E-state index contributed by atoms with van der Waals surface area (Å²) in [7, 11) is 7.62. The monoisotopic (exact) mass is 566 g/mol. The summed E-state index contributed by atoms with van der Waals surface area (Å²) in [5, 5.41) is 3.42. The number of nitrogens with zero attached hydrogens (tertiary/aromatic N) is 6. The first kappa shape index (κ1) is 29.1. The number of likely N-dealkylation sites (N-methyl/N-ethyl adjacent to an activating group) is 1. The van der Waals surface area contributed by atoms with E-state index >= 15 is 0 Å². The average Bonchev–Trinajstić information content (AvgIpc) is 3.29. The fraction of sp³-hybridized carbons (Fsp3) is 0.345. The van der Waals surface area contributed by atoms with Crippen molar-refractivity contribution in [1.82, 2.24) is 24.0 Å². The third kappa shape index (κ3) is 5.20. The predicted molar refractivity (Wildman–Crippen MR) is 172 cm³/mol. The number of carbonyl (C=O) groups excluding carboxylic acids is 2. The van der Waals surface area contributed by atoms with Crippen LogP contribution in [0.15, 0.2) is 35.6 Å². The Morgan fingerprint density at radius 3 is 2.52 bits per heavy atom. The Balaban J connectivity index is 1.52. The second-order valence-electron chi connectivity index (χ2n) is 11.5. The van der Waals surface area contributed by atoms with E-state index in [4.69, 9.17) is 5.73 Å². The average molecular weight is 566 g/mol. The van der Waals surface area contributed by atoms with Crippen molar-refractivity contribution in [2.45, 2.75) is 33.4 Å². The summed E-state index contributed by atoms with van der Waals surface area (Å²) in [6, 6.07) is 3.95. The summed E-state index contributed by atoms with van der Waals surface area (Å²) in [5.74, 6) is 0.0251. The maximum Gasteiger partial charge on any atom is 0.263 e. The van der Waals surface area contributed by atoms with Gasteiger partial charge in [-0.2, -0.15) is 0 Å². The van der Waals surface area contributed by atoms with E-state index in [1.807, 2.05) is 35.6 Å². The molecule has 42 heavy (non-hydrogen) atoms. The second-order valence-corrected chi connectivity index (χ2v) is 11.5. The summed E-state index contributed by atoms with van der Waals surface area (Å²) in [6.07, 6.45) is 4.99. The quantitative estimate of drug-likeness (QED) is 0.281. The molecule has 5 rings (SSSR count). The number of piperazine rings is 1. The molecule has 0 bridgehead atoms. The lowest BCUT2D eigenvalue weighted by Crippen LogP contribution is -2.50. The number of fused-ring (bicyclic) bond motifs is 1. The van der Waals surface area contributed by atoms with Crippen LogP contribution in [0.1, 0.15) is 28.4 Å². The van der Waals surface area contributed by atoms with Crippen molar-refractivity contribution in [2.75, 3.05) is 36.9 Å². The molecule has 1 atom stereocenters. The number of primary amides is 1. The summed E-state index contributed by atoms with van der Waals surface area (Å²) in [4.78, 5) is 52.8. The molecule has 2 amide bonds. The van der Waals surface area contributed by atoms with Crippen LogP contribution in [0.4, 0.5) is 11.5 Å². The number of carbonyl (C=O) groups is 2. The summed E-state index contributed by atoms with van der Waals surface area (Å²) >= 11 is 0. The van der Waals surface area contributed by atoms with E-state index in [1.54, 1.807) is 30.1 Å². The second kappa shape index (κ2) is 11.1. The summed E-state index contributed by atoms with van der Waals surface area (Å²) in [5.41, 5.74) is 11.7. The van der Waals surface area contributed by atoms with E-state index < -0.39 is 5.91 Å². The highest BCUT2D eigenvalue weighted by Crippen LogP contribution is 2.28. The van der Waals surface area contributed by atoms with Gasteiger partial charge in [0.2, 0.25) is 11.8 Å². The molecule has 0 aliphatic carbocycles. The number of hydrogen-bond acceptors (Lipinski definition) is 7. The summed E-state index contributed by atoms with van der Waals surface area (Å²) < 4.78 is 3.09. The van der Waals surface area contributed by atoms with Crippen molar-refractivity contribution in [2.24, 2.45) is 12.8 Å². The van der Waals surface area contributed by atoms with Gasteiger partial charge < -0.3 is 30.0 Å². The van der Waals surface area contributed by atoms with Crippen LogP contribution in [0.25, 0.3) is 22.2 Å². The standard InChI is InChI=1S/C29H36B2N8O3/c1-15-10-33-22(39-7-6-36(4)11-16(39)2)9-21(15)35-23(40)13-38-12-20(24-28(38)34-14-37(5)29(24)42)19-8-18(27(32)41)17(3)25(30)26(19)31/h8-10,12,14,16H,6-7,11,13,30-31H2,1-5H3,(H2,32,41)(H,33,35,40). The number of nitrogens with one attached hydrogen (secondary N) is 1. The third-order valence-electron chi connectivity index (χ3n) is 8.52. The van der Waals surface area contributed by atoms with E-state index in [0.29, 0.717) is 39.5 Å². The fourth-order valence-corrected chi connectivity index (χ4v) is 5.80. The lowest BCUT2D eigenvalue weighted by molar-refractivity contribution is -0.116. The van der Waals surface area contributed by atoms with Gasteiger partial charge in [-0.3, -0.25) is 14.4 Å². The van der Waals surface area contributed by atoms with E-state index in [1.165, 1.54) is 10.9 Å². The molecular weight excluding hydrogens is 530 g/mol. The van der Waals surface area contributed by atoms with Crippen LogP contribution in [0.3, 0.4) is 0 Å². The van der Waals surface area contributed by atoms with Crippen molar-refractivity contribution in [3.63, 3.8) is 0 Å². The Morgan fingerprint density at radius 2 is 1.83 bits per heavy atom. The van der Waals surface area contributed by atoms with Crippen LogP contribution in [-0.4, -0.2) is 84.2 Å². The maximum atomic E-state index is 13.4. The topological polar surface area (TPSA) is 131 Å². The van der Waals surface area contributed by atoms with Crippen LogP contribution >= 0.6 is 0 Å².